The van der Waals surface area contributed by atoms with E-state index in [9.17, 15) is 9.90 Å². The Labute approximate surface area is 123 Å². The van der Waals surface area contributed by atoms with Gasteiger partial charge in [0.05, 0.1) is 5.92 Å². The number of hydrogen-bond acceptors (Lipinski definition) is 2. The molecule has 0 bridgehead atoms. The molecule has 1 atom stereocenters. The minimum absolute atomic E-state index is 0.420. The Morgan fingerprint density at radius 1 is 1.25 bits per heavy atom. The molecule has 4 heteroatoms. The number of benzene rings is 1. The lowest BCUT2D eigenvalue weighted by atomic mass is 9.94. The number of nitrogens with zero attached hydrogens (tertiary/aromatic N) is 1. The van der Waals surface area contributed by atoms with E-state index in [1.54, 1.807) is 12.1 Å². The summed E-state index contributed by atoms with van der Waals surface area (Å²) < 4.78 is 0. The van der Waals surface area contributed by atoms with Crippen LogP contribution in [0.15, 0.2) is 42.5 Å². The summed E-state index contributed by atoms with van der Waals surface area (Å²) in [6, 6.07) is 13.0. The van der Waals surface area contributed by atoms with Crippen LogP contribution in [0.5, 0.6) is 0 Å². The molecule has 0 amide bonds. The second kappa shape index (κ2) is 6.53. The van der Waals surface area contributed by atoms with Crippen LogP contribution in [-0.2, 0) is 17.6 Å². The third kappa shape index (κ3) is 4.07. The van der Waals surface area contributed by atoms with Crippen LogP contribution in [0.25, 0.3) is 0 Å². The smallest absolute Gasteiger partial charge is 0.307 e. The lowest BCUT2D eigenvalue weighted by Crippen LogP contribution is -2.19. The Morgan fingerprint density at radius 3 is 2.65 bits per heavy atom. The van der Waals surface area contributed by atoms with Gasteiger partial charge in [-0.15, -0.1) is 0 Å². The van der Waals surface area contributed by atoms with E-state index in [2.05, 4.69) is 4.98 Å². The summed E-state index contributed by atoms with van der Waals surface area (Å²) in [5.74, 6) is -1.31. The summed E-state index contributed by atoms with van der Waals surface area (Å²) >= 11 is 5.93. The maximum Gasteiger partial charge on any atom is 0.307 e. The van der Waals surface area contributed by atoms with Gasteiger partial charge in [-0.05, 0) is 43.2 Å². The van der Waals surface area contributed by atoms with Gasteiger partial charge >= 0.3 is 5.97 Å². The zero-order chi connectivity index (χ0) is 14.5. The van der Waals surface area contributed by atoms with Crippen molar-refractivity contribution in [3.63, 3.8) is 0 Å². The van der Waals surface area contributed by atoms with E-state index in [-0.39, 0.29) is 0 Å². The van der Waals surface area contributed by atoms with Gasteiger partial charge in [-0.2, -0.15) is 0 Å². The number of aliphatic carboxylic acids is 1. The predicted octanol–water partition coefficient (Wildman–Crippen LogP) is 3.53. The van der Waals surface area contributed by atoms with Crippen LogP contribution in [0.2, 0.25) is 5.02 Å². The Bertz CT molecular complexity index is 565. The van der Waals surface area contributed by atoms with E-state index < -0.39 is 11.9 Å². The molecule has 0 fully saturated rings. The molecule has 104 valence electrons. The van der Waals surface area contributed by atoms with Crippen molar-refractivity contribution >= 4 is 17.6 Å². The molecule has 0 saturated carbocycles. The topological polar surface area (TPSA) is 50.2 Å². The Hall–Kier alpha value is -1.87. The molecule has 0 spiro atoms. The lowest BCUT2D eigenvalue weighted by molar-refractivity contribution is -0.141. The number of hydrogen-bond donors (Lipinski definition) is 1. The lowest BCUT2D eigenvalue weighted by Gasteiger charge is -2.12. The first-order chi connectivity index (χ1) is 9.54. The first-order valence-electron chi connectivity index (χ1n) is 6.44. The molecular weight excluding hydrogens is 274 g/mol. The van der Waals surface area contributed by atoms with Gasteiger partial charge in [0.2, 0.25) is 0 Å². The van der Waals surface area contributed by atoms with Crippen molar-refractivity contribution in [2.24, 2.45) is 5.92 Å². The molecule has 0 aliphatic carbocycles. The quantitative estimate of drug-likeness (QED) is 0.916. The number of aromatic nitrogens is 1. The monoisotopic (exact) mass is 289 g/mol. The zero-order valence-corrected chi connectivity index (χ0v) is 12.0. The normalized spacial score (nSPS) is 12.1. The molecule has 1 aromatic heterocycles. The van der Waals surface area contributed by atoms with E-state index in [0.717, 1.165) is 17.0 Å². The molecule has 2 rings (SSSR count). The van der Waals surface area contributed by atoms with Gasteiger partial charge in [0, 0.05) is 22.8 Å². The average Bonchev–Trinajstić information content (AvgIpc) is 2.38. The maximum atomic E-state index is 11.4. The molecule has 0 aliphatic heterocycles. The van der Waals surface area contributed by atoms with E-state index >= 15 is 0 Å². The van der Waals surface area contributed by atoms with Crippen molar-refractivity contribution in [1.29, 1.82) is 0 Å². The van der Waals surface area contributed by atoms with Gasteiger partial charge < -0.3 is 5.11 Å². The Morgan fingerprint density at radius 2 is 2.00 bits per heavy atom. The highest BCUT2D eigenvalue weighted by molar-refractivity contribution is 6.30. The van der Waals surface area contributed by atoms with Gasteiger partial charge in [-0.25, -0.2) is 0 Å². The molecule has 1 aromatic carbocycles. The molecule has 1 heterocycles. The number of rotatable bonds is 5. The summed E-state index contributed by atoms with van der Waals surface area (Å²) in [5, 5.41) is 10.00. The largest absolute Gasteiger partial charge is 0.481 e. The van der Waals surface area contributed by atoms with Crippen LogP contribution in [0, 0.1) is 12.8 Å². The van der Waals surface area contributed by atoms with E-state index in [4.69, 9.17) is 11.6 Å². The first-order valence-corrected chi connectivity index (χ1v) is 6.82. The van der Waals surface area contributed by atoms with Gasteiger partial charge in [-0.1, -0.05) is 29.8 Å². The standard InChI is InChI=1S/C16H16ClNO2/c1-11-4-2-7-15(18-11)10-13(16(19)20)8-12-5-3-6-14(17)9-12/h2-7,9,13H,8,10H2,1H3,(H,19,20). The fourth-order valence-corrected chi connectivity index (χ4v) is 2.37. The molecule has 20 heavy (non-hydrogen) atoms. The number of pyridine rings is 1. The molecule has 0 radical (unpaired) electrons. The Kier molecular flexibility index (Phi) is 4.74. The minimum Gasteiger partial charge on any atom is -0.481 e. The summed E-state index contributed by atoms with van der Waals surface area (Å²) in [6.07, 6.45) is 0.870. The fourth-order valence-electron chi connectivity index (χ4n) is 2.16. The number of carboxylic acids is 1. The van der Waals surface area contributed by atoms with Crippen molar-refractivity contribution in [2.45, 2.75) is 19.8 Å². The third-order valence-corrected chi connectivity index (χ3v) is 3.36. The third-order valence-electron chi connectivity index (χ3n) is 3.12. The predicted molar refractivity (Wildman–Crippen MR) is 79.0 cm³/mol. The second-order valence-corrected chi connectivity index (χ2v) is 5.28. The molecular formula is C16H16ClNO2. The summed E-state index contributed by atoms with van der Waals surface area (Å²) in [6.45, 7) is 1.90. The van der Waals surface area contributed by atoms with Crippen LogP contribution in [0.1, 0.15) is 17.0 Å². The second-order valence-electron chi connectivity index (χ2n) is 4.84. The highest BCUT2D eigenvalue weighted by Crippen LogP contribution is 2.17. The van der Waals surface area contributed by atoms with Crippen molar-refractivity contribution in [1.82, 2.24) is 4.98 Å². The minimum atomic E-state index is -0.812. The molecule has 1 N–H and O–H groups in total. The van der Waals surface area contributed by atoms with Crippen LogP contribution < -0.4 is 0 Å². The van der Waals surface area contributed by atoms with Crippen molar-refractivity contribution < 1.29 is 9.90 Å². The highest BCUT2D eigenvalue weighted by atomic mass is 35.5. The van der Waals surface area contributed by atoms with E-state index in [1.165, 1.54) is 0 Å². The highest BCUT2D eigenvalue weighted by Gasteiger charge is 2.19. The van der Waals surface area contributed by atoms with Crippen LogP contribution >= 0.6 is 11.6 Å². The van der Waals surface area contributed by atoms with Gasteiger partial charge in [0.25, 0.3) is 0 Å². The van der Waals surface area contributed by atoms with Gasteiger partial charge in [-0.3, -0.25) is 9.78 Å². The summed E-state index contributed by atoms with van der Waals surface area (Å²) in [4.78, 5) is 15.8. The number of aryl methyl sites for hydroxylation is 1. The average molecular weight is 290 g/mol. The molecule has 2 aromatic rings. The molecule has 1 unspecified atom stereocenters. The molecule has 0 aliphatic rings. The number of carboxylic acid groups (broad SMARTS) is 1. The van der Waals surface area contributed by atoms with Gasteiger partial charge in [0.15, 0.2) is 0 Å². The van der Waals surface area contributed by atoms with Crippen LogP contribution in [0.3, 0.4) is 0 Å². The van der Waals surface area contributed by atoms with Crippen LogP contribution in [0.4, 0.5) is 0 Å². The van der Waals surface area contributed by atoms with Gasteiger partial charge in [0.1, 0.15) is 0 Å². The van der Waals surface area contributed by atoms with E-state index in [0.29, 0.717) is 17.9 Å². The first kappa shape index (κ1) is 14.5. The van der Waals surface area contributed by atoms with Crippen molar-refractivity contribution in [3.8, 4) is 0 Å². The summed E-state index contributed by atoms with van der Waals surface area (Å²) in [7, 11) is 0. The van der Waals surface area contributed by atoms with Crippen LogP contribution in [-0.4, -0.2) is 16.1 Å². The van der Waals surface area contributed by atoms with E-state index in [1.807, 2.05) is 37.3 Å². The SMILES string of the molecule is Cc1cccc(CC(Cc2cccc(Cl)c2)C(=O)O)n1. The maximum absolute atomic E-state index is 11.4. The van der Waals surface area contributed by atoms with Crippen molar-refractivity contribution in [3.05, 3.63) is 64.4 Å². The molecule has 3 nitrogen and oxygen atoms in total. The summed E-state index contributed by atoms with van der Waals surface area (Å²) in [5.41, 5.74) is 2.63. The van der Waals surface area contributed by atoms with Crippen molar-refractivity contribution in [2.75, 3.05) is 0 Å². The fraction of sp³-hybridized carbons (Fsp3) is 0.250. The number of carbonyl (C=O) groups is 1. The number of halogens is 1. The molecule has 0 saturated heterocycles. The Balaban J connectivity index is 2.13. The zero-order valence-electron chi connectivity index (χ0n) is 11.2.